The Bertz CT molecular complexity index is 669. The lowest BCUT2D eigenvalue weighted by Crippen LogP contribution is -2.37. The van der Waals surface area contributed by atoms with E-state index in [2.05, 4.69) is 15.6 Å². The van der Waals surface area contributed by atoms with Gasteiger partial charge in [0.05, 0.1) is 10.6 Å². The Morgan fingerprint density at radius 2 is 1.67 bits per heavy atom. The third-order valence-electron chi connectivity index (χ3n) is 4.52. The van der Waals surface area contributed by atoms with Gasteiger partial charge in [0.25, 0.3) is 5.91 Å². The maximum atomic E-state index is 12.3. The summed E-state index contributed by atoms with van der Waals surface area (Å²) in [6, 6.07) is 1.47. The largest absolute Gasteiger partial charge is 0.444 e. The quantitative estimate of drug-likeness (QED) is 0.695. The van der Waals surface area contributed by atoms with Gasteiger partial charge in [-0.05, 0) is 64.4 Å². The molecule has 6 nitrogen and oxygen atoms in total. The fraction of sp³-hybridized carbons (Fsp3) is 0.632. The molecule has 0 saturated heterocycles. The van der Waals surface area contributed by atoms with Gasteiger partial charge in [0.15, 0.2) is 0 Å². The average Bonchev–Trinajstić information content (AvgIpc) is 2.59. The van der Waals surface area contributed by atoms with E-state index >= 15 is 0 Å². The van der Waals surface area contributed by atoms with E-state index in [1.165, 1.54) is 12.3 Å². The van der Waals surface area contributed by atoms with E-state index in [4.69, 9.17) is 27.9 Å². The van der Waals surface area contributed by atoms with Gasteiger partial charge in [-0.2, -0.15) is 0 Å². The van der Waals surface area contributed by atoms with Gasteiger partial charge in [-0.25, -0.2) is 9.78 Å². The fourth-order valence-corrected chi connectivity index (χ4v) is 3.45. The topological polar surface area (TPSA) is 80.3 Å². The summed E-state index contributed by atoms with van der Waals surface area (Å²) >= 11 is 11.8. The van der Waals surface area contributed by atoms with Crippen molar-refractivity contribution >= 4 is 35.2 Å². The van der Waals surface area contributed by atoms with Crippen molar-refractivity contribution < 1.29 is 14.3 Å². The molecule has 150 valence electrons. The third-order valence-corrected chi connectivity index (χ3v) is 5.03. The Kier molecular flexibility index (Phi) is 7.74. The molecule has 2 rings (SSSR count). The molecule has 2 N–H and O–H groups in total. The lowest BCUT2D eigenvalue weighted by atomic mass is 9.82. The van der Waals surface area contributed by atoms with Crippen LogP contribution in [0.2, 0.25) is 10.2 Å². The second-order valence-corrected chi connectivity index (χ2v) is 8.76. The minimum absolute atomic E-state index is 0.238. The molecule has 27 heavy (non-hydrogen) atoms. The first-order valence-electron chi connectivity index (χ1n) is 9.20. The summed E-state index contributed by atoms with van der Waals surface area (Å²) < 4.78 is 5.25. The SMILES string of the molecule is CC(C)(C)OC(=O)NC[C@H]1CC[C@H](CNC(=O)c2cc(Cl)ncc2Cl)CC1. The van der Waals surface area contributed by atoms with Crippen molar-refractivity contribution in [3.8, 4) is 0 Å². The van der Waals surface area contributed by atoms with Crippen LogP contribution in [0.3, 0.4) is 0 Å². The second kappa shape index (κ2) is 9.60. The minimum Gasteiger partial charge on any atom is -0.444 e. The van der Waals surface area contributed by atoms with Crippen LogP contribution in [0.15, 0.2) is 12.3 Å². The first-order chi connectivity index (χ1) is 12.6. The zero-order chi connectivity index (χ0) is 20.0. The van der Waals surface area contributed by atoms with Gasteiger partial charge in [-0.1, -0.05) is 23.2 Å². The lowest BCUT2D eigenvalue weighted by molar-refractivity contribution is 0.0512. The molecule has 0 atom stereocenters. The molecule has 1 saturated carbocycles. The number of pyridine rings is 1. The van der Waals surface area contributed by atoms with Crippen LogP contribution >= 0.6 is 23.2 Å². The molecule has 0 aliphatic heterocycles. The van der Waals surface area contributed by atoms with E-state index in [1.807, 2.05) is 20.8 Å². The van der Waals surface area contributed by atoms with Crippen molar-refractivity contribution in [1.82, 2.24) is 15.6 Å². The molecular weight excluding hydrogens is 389 g/mol. The van der Waals surface area contributed by atoms with Gasteiger partial charge in [0, 0.05) is 19.3 Å². The van der Waals surface area contributed by atoms with Gasteiger partial charge >= 0.3 is 6.09 Å². The minimum atomic E-state index is -0.484. The van der Waals surface area contributed by atoms with E-state index in [1.54, 1.807) is 0 Å². The second-order valence-electron chi connectivity index (χ2n) is 7.97. The molecule has 1 heterocycles. The van der Waals surface area contributed by atoms with Gasteiger partial charge in [-0.15, -0.1) is 0 Å². The number of aromatic nitrogens is 1. The first kappa shape index (κ1) is 21.8. The number of rotatable bonds is 5. The van der Waals surface area contributed by atoms with E-state index in [9.17, 15) is 9.59 Å². The third kappa shape index (κ3) is 7.54. The van der Waals surface area contributed by atoms with Crippen LogP contribution in [-0.4, -0.2) is 35.7 Å². The van der Waals surface area contributed by atoms with Crippen LogP contribution in [0, 0.1) is 11.8 Å². The van der Waals surface area contributed by atoms with Crippen molar-refractivity contribution in [2.45, 2.75) is 52.1 Å². The molecule has 1 aliphatic carbocycles. The highest BCUT2D eigenvalue weighted by Crippen LogP contribution is 2.28. The highest BCUT2D eigenvalue weighted by molar-refractivity contribution is 6.35. The maximum absolute atomic E-state index is 12.3. The summed E-state index contributed by atoms with van der Waals surface area (Å²) in [7, 11) is 0. The summed E-state index contributed by atoms with van der Waals surface area (Å²) in [6.45, 7) is 6.76. The zero-order valence-electron chi connectivity index (χ0n) is 16.0. The summed E-state index contributed by atoms with van der Waals surface area (Å²) in [6.07, 6.45) is 5.04. The van der Waals surface area contributed by atoms with E-state index < -0.39 is 5.60 Å². The molecule has 2 amide bonds. The fourth-order valence-electron chi connectivity index (χ4n) is 3.10. The first-order valence-corrected chi connectivity index (χ1v) is 9.95. The van der Waals surface area contributed by atoms with Gasteiger partial charge in [-0.3, -0.25) is 4.79 Å². The number of alkyl carbamates (subject to hydrolysis) is 1. The van der Waals surface area contributed by atoms with Crippen molar-refractivity contribution in [3.05, 3.63) is 28.0 Å². The van der Waals surface area contributed by atoms with Crippen LogP contribution in [-0.2, 0) is 4.74 Å². The van der Waals surface area contributed by atoms with Crippen molar-refractivity contribution in [2.75, 3.05) is 13.1 Å². The zero-order valence-corrected chi connectivity index (χ0v) is 17.5. The Morgan fingerprint density at radius 3 is 2.22 bits per heavy atom. The van der Waals surface area contributed by atoms with Crippen LogP contribution in [0.25, 0.3) is 0 Å². The molecular formula is C19H27Cl2N3O3. The molecule has 0 unspecified atom stereocenters. The number of carbonyl (C=O) groups excluding carboxylic acids is 2. The Balaban J connectivity index is 1.69. The number of hydrogen-bond acceptors (Lipinski definition) is 4. The number of nitrogens with one attached hydrogen (secondary N) is 2. The Morgan fingerprint density at radius 1 is 1.11 bits per heavy atom. The molecule has 0 spiro atoms. The number of nitrogens with zero attached hydrogens (tertiary/aromatic N) is 1. The Labute approximate surface area is 170 Å². The molecule has 0 bridgehead atoms. The van der Waals surface area contributed by atoms with Gasteiger partial charge in [0.1, 0.15) is 10.8 Å². The highest BCUT2D eigenvalue weighted by Gasteiger charge is 2.23. The predicted molar refractivity (Wildman–Crippen MR) is 106 cm³/mol. The van der Waals surface area contributed by atoms with E-state index in [0.717, 1.165) is 25.7 Å². The monoisotopic (exact) mass is 415 g/mol. The van der Waals surface area contributed by atoms with Crippen LogP contribution < -0.4 is 10.6 Å². The standard InChI is InChI=1S/C19H27Cl2N3O3/c1-19(2,3)27-18(26)24-10-13-6-4-12(5-7-13)9-23-17(25)14-8-16(21)22-11-15(14)20/h8,11-13H,4-7,9-10H2,1-3H3,(H,23,25)(H,24,26)/t12-,13-. The number of ether oxygens (including phenoxy) is 1. The summed E-state index contributed by atoms with van der Waals surface area (Å²) in [4.78, 5) is 27.8. The molecule has 0 radical (unpaired) electrons. The van der Waals surface area contributed by atoms with Crippen molar-refractivity contribution in [3.63, 3.8) is 0 Å². The number of halogens is 2. The van der Waals surface area contributed by atoms with Crippen LogP contribution in [0.4, 0.5) is 4.79 Å². The molecule has 1 aromatic heterocycles. The smallest absolute Gasteiger partial charge is 0.407 e. The molecule has 1 aromatic rings. The van der Waals surface area contributed by atoms with Crippen LogP contribution in [0.1, 0.15) is 56.8 Å². The molecule has 1 fully saturated rings. The number of carbonyl (C=O) groups is 2. The number of hydrogen-bond donors (Lipinski definition) is 2. The van der Waals surface area contributed by atoms with Gasteiger partial charge in [0.2, 0.25) is 0 Å². The van der Waals surface area contributed by atoms with E-state index in [0.29, 0.717) is 30.5 Å². The summed E-state index contributed by atoms with van der Waals surface area (Å²) in [5.41, 5.74) is -0.145. The van der Waals surface area contributed by atoms with Gasteiger partial charge < -0.3 is 15.4 Å². The predicted octanol–water partition coefficient (Wildman–Crippen LogP) is 4.45. The summed E-state index contributed by atoms with van der Waals surface area (Å²) in [5.74, 6) is 0.624. The highest BCUT2D eigenvalue weighted by atomic mass is 35.5. The van der Waals surface area contributed by atoms with Crippen molar-refractivity contribution in [1.29, 1.82) is 0 Å². The molecule has 8 heteroatoms. The van der Waals surface area contributed by atoms with E-state index in [-0.39, 0.29) is 22.2 Å². The molecule has 1 aliphatic rings. The Hall–Kier alpha value is -1.53. The lowest BCUT2D eigenvalue weighted by Gasteiger charge is -2.29. The maximum Gasteiger partial charge on any atom is 0.407 e. The summed E-state index contributed by atoms with van der Waals surface area (Å²) in [5, 5.41) is 6.30. The van der Waals surface area contributed by atoms with Crippen molar-refractivity contribution in [2.24, 2.45) is 11.8 Å². The molecule has 0 aromatic carbocycles. The average molecular weight is 416 g/mol. The van der Waals surface area contributed by atoms with Crippen LogP contribution in [0.5, 0.6) is 0 Å². The normalized spacial score (nSPS) is 20.0. The number of amides is 2.